The molecule has 0 bridgehead atoms. The maximum atomic E-state index is 13.0. The average molecular weight is 378 g/mol. The summed E-state index contributed by atoms with van der Waals surface area (Å²) in [6, 6.07) is 6.44. The highest BCUT2D eigenvalue weighted by molar-refractivity contribution is 5.96. The number of halogens is 3. The largest absolute Gasteiger partial charge is 0.461 e. The Morgan fingerprint density at radius 1 is 1.26 bits per heavy atom. The number of alkyl halides is 3. The molecule has 0 unspecified atom stereocenters. The molecule has 0 saturated heterocycles. The van der Waals surface area contributed by atoms with Crippen molar-refractivity contribution in [1.29, 1.82) is 0 Å². The number of likely N-dealkylation sites (N-methyl/N-ethyl adjacent to an activating group) is 1. The minimum absolute atomic E-state index is 0.155. The highest BCUT2D eigenvalue weighted by atomic mass is 19.4. The SMILES string of the molecule is CN(C)CCOC(=O)c1cnn2c(-c3cccc(C(F)(F)F)c3)ccnc12. The van der Waals surface area contributed by atoms with Crippen LogP contribution in [0, 0.1) is 0 Å². The molecule has 0 aliphatic heterocycles. The van der Waals surface area contributed by atoms with Gasteiger partial charge >= 0.3 is 12.1 Å². The van der Waals surface area contributed by atoms with Gasteiger partial charge in [-0.1, -0.05) is 12.1 Å². The molecule has 3 aromatic rings. The van der Waals surface area contributed by atoms with Crippen molar-refractivity contribution >= 4 is 11.6 Å². The lowest BCUT2D eigenvalue weighted by Gasteiger charge is -2.10. The summed E-state index contributed by atoms with van der Waals surface area (Å²) in [5, 5.41) is 4.11. The van der Waals surface area contributed by atoms with E-state index in [-0.39, 0.29) is 17.8 Å². The summed E-state index contributed by atoms with van der Waals surface area (Å²) >= 11 is 0. The van der Waals surface area contributed by atoms with Gasteiger partial charge in [-0.05, 0) is 32.3 Å². The minimum Gasteiger partial charge on any atom is -0.461 e. The Labute approximate surface area is 153 Å². The molecule has 3 rings (SSSR count). The lowest BCUT2D eigenvalue weighted by Crippen LogP contribution is -2.20. The van der Waals surface area contributed by atoms with Gasteiger partial charge in [0.1, 0.15) is 12.2 Å². The Hall–Kier alpha value is -2.94. The van der Waals surface area contributed by atoms with Crippen molar-refractivity contribution in [2.24, 2.45) is 0 Å². The third-order valence-electron chi connectivity index (χ3n) is 3.88. The summed E-state index contributed by atoms with van der Waals surface area (Å²) in [6.45, 7) is 0.768. The number of rotatable bonds is 5. The molecule has 0 radical (unpaired) electrons. The van der Waals surface area contributed by atoms with Gasteiger partial charge in [-0.25, -0.2) is 14.3 Å². The highest BCUT2D eigenvalue weighted by Gasteiger charge is 2.30. The number of nitrogens with zero attached hydrogens (tertiary/aromatic N) is 4. The normalized spacial score (nSPS) is 11.9. The summed E-state index contributed by atoms with van der Waals surface area (Å²) in [5.74, 6) is -0.583. The van der Waals surface area contributed by atoms with Crippen LogP contribution in [-0.4, -0.2) is 52.7 Å². The number of esters is 1. The zero-order valence-corrected chi connectivity index (χ0v) is 14.7. The van der Waals surface area contributed by atoms with Crippen molar-refractivity contribution in [1.82, 2.24) is 19.5 Å². The van der Waals surface area contributed by atoms with E-state index < -0.39 is 17.7 Å². The lowest BCUT2D eigenvalue weighted by atomic mass is 10.1. The van der Waals surface area contributed by atoms with E-state index in [4.69, 9.17) is 4.74 Å². The first-order chi connectivity index (χ1) is 12.8. The van der Waals surface area contributed by atoms with Gasteiger partial charge in [0.25, 0.3) is 0 Å². The molecular formula is C18H17F3N4O2. The van der Waals surface area contributed by atoms with E-state index in [2.05, 4.69) is 10.1 Å². The monoisotopic (exact) mass is 378 g/mol. The fourth-order valence-electron chi connectivity index (χ4n) is 2.51. The number of fused-ring (bicyclic) bond motifs is 1. The molecule has 2 heterocycles. The number of carbonyl (C=O) groups excluding carboxylic acids is 1. The van der Waals surface area contributed by atoms with E-state index >= 15 is 0 Å². The van der Waals surface area contributed by atoms with Crippen LogP contribution in [0.2, 0.25) is 0 Å². The van der Waals surface area contributed by atoms with E-state index in [1.807, 2.05) is 19.0 Å². The maximum absolute atomic E-state index is 13.0. The fraction of sp³-hybridized carbons (Fsp3) is 0.278. The molecule has 27 heavy (non-hydrogen) atoms. The number of hydrogen-bond acceptors (Lipinski definition) is 5. The smallest absolute Gasteiger partial charge is 0.416 e. The molecule has 0 aliphatic carbocycles. The van der Waals surface area contributed by atoms with Crippen molar-refractivity contribution in [3.05, 3.63) is 53.9 Å². The van der Waals surface area contributed by atoms with E-state index in [0.29, 0.717) is 17.8 Å². The standard InChI is InChI=1S/C18H17F3N4O2/c1-24(2)8-9-27-17(26)14-11-23-25-15(6-7-22-16(14)25)12-4-3-5-13(10-12)18(19,20)21/h3-7,10-11H,8-9H2,1-2H3. The first kappa shape index (κ1) is 18.8. The van der Waals surface area contributed by atoms with Gasteiger partial charge in [0, 0.05) is 18.3 Å². The number of carbonyl (C=O) groups is 1. The third-order valence-corrected chi connectivity index (χ3v) is 3.88. The van der Waals surface area contributed by atoms with Crippen LogP contribution < -0.4 is 0 Å². The van der Waals surface area contributed by atoms with Crippen LogP contribution in [0.15, 0.2) is 42.7 Å². The summed E-state index contributed by atoms with van der Waals surface area (Å²) < 4.78 is 45.5. The molecule has 6 nitrogen and oxygen atoms in total. The molecule has 0 saturated carbocycles. The highest BCUT2D eigenvalue weighted by Crippen LogP contribution is 2.32. The van der Waals surface area contributed by atoms with Crippen molar-refractivity contribution in [3.8, 4) is 11.3 Å². The third kappa shape index (κ3) is 4.08. The lowest BCUT2D eigenvalue weighted by molar-refractivity contribution is -0.137. The Kier molecular flexibility index (Phi) is 5.13. The van der Waals surface area contributed by atoms with Crippen LogP contribution in [-0.2, 0) is 10.9 Å². The number of hydrogen-bond donors (Lipinski definition) is 0. The molecule has 142 valence electrons. The van der Waals surface area contributed by atoms with Gasteiger partial charge in [0.2, 0.25) is 0 Å². The predicted molar refractivity (Wildman–Crippen MR) is 92.3 cm³/mol. The van der Waals surface area contributed by atoms with Crippen LogP contribution >= 0.6 is 0 Å². The van der Waals surface area contributed by atoms with Crippen molar-refractivity contribution < 1.29 is 22.7 Å². The van der Waals surface area contributed by atoms with Gasteiger partial charge in [-0.2, -0.15) is 18.3 Å². The first-order valence-electron chi connectivity index (χ1n) is 8.09. The van der Waals surface area contributed by atoms with Crippen LogP contribution in [0.1, 0.15) is 15.9 Å². The second-order valence-electron chi connectivity index (χ2n) is 6.14. The molecule has 2 aromatic heterocycles. The van der Waals surface area contributed by atoms with E-state index in [1.54, 1.807) is 6.07 Å². The van der Waals surface area contributed by atoms with Gasteiger partial charge in [-0.15, -0.1) is 0 Å². The quantitative estimate of drug-likeness (QED) is 0.639. The molecule has 0 amide bonds. The Morgan fingerprint density at radius 2 is 2.04 bits per heavy atom. The molecular weight excluding hydrogens is 361 g/mol. The van der Waals surface area contributed by atoms with Crippen LogP contribution in [0.5, 0.6) is 0 Å². The average Bonchev–Trinajstić information content (AvgIpc) is 3.05. The Morgan fingerprint density at radius 3 is 2.74 bits per heavy atom. The second kappa shape index (κ2) is 7.36. The summed E-state index contributed by atoms with van der Waals surface area (Å²) in [6.07, 6.45) is -1.73. The van der Waals surface area contributed by atoms with Gasteiger partial charge in [0.15, 0.2) is 5.65 Å². The fourth-order valence-corrected chi connectivity index (χ4v) is 2.51. The number of ether oxygens (including phenoxy) is 1. The minimum atomic E-state index is -4.45. The van der Waals surface area contributed by atoms with Crippen molar-refractivity contribution in [2.45, 2.75) is 6.18 Å². The molecule has 0 fully saturated rings. The van der Waals surface area contributed by atoms with Crippen LogP contribution in [0.3, 0.4) is 0 Å². The van der Waals surface area contributed by atoms with Crippen LogP contribution in [0.4, 0.5) is 13.2 Å². The van der Waals surface area contributed by atoms with E-state index in [0.717, 1.165) is 12.1 Å². The maximum Gasteiger partial charge on any atom is 0.416 e. The topological polar surface area (TPSA) is 59.7 Å². The summed E-state index contributed by atoms with van der Waals surface area (Å²) in [4.78, 5) is 18.3. The first-order valence-corrected chi connectivity index (χ1v) is 8.09. The summed E-state index contributed by atoms with van der Waals surface area (Å²) in [5.41, 5.74) is 0.314. The molecule has 9 heteroatoms. The van der Waals surface area contributed by atoms with Gasteiger partial charge in [-0.3, -0.25) is 0 Å². The predicted octanol–water partition coefficient (Wildman–Crippen LogP) is 3.13. The summed E-state index contributed by atoms with van der Waals surface area (Å²) in [7, 11) is 3.71. The van der Waals surface area contributed by atoms with Crippen molar-refractivity contribution in [2.75, 3.05) is 27.2 Å². The molecule has 0 atom stereocenters. The molecule has 1 aromatic carbocycles. The van der Waals surface area contributed by atoms with E-state index in [1.165, 1.54) is 29.0 Å². The molecule has 0 aliphatic rings. The number of aromatic nitrogens is 3. The zero-order valence-electron chi connectivity index (χ0n) is 14.7. The second-order valence-corrected chi connectivity index (χ2v) is 6.14. The number of benzene rings is 1. The van der Waals surface area contributed by atoms with Gasteiger partial charge in [0.05, 0.1) is 17.5 Å². The van der Waals surface area contributed by atoms with Crippen molar-refractivity contribution in [3.63, 3.8) is 0 Å². The molecule has 0 N–H and O–H groups in total. The molecule has 0 spiro atoms. The van der Waals surface area contributed by atoms with E-state index in [9.17, 15) is 18.0 Å². The zero-order chi connectivity index (χ0) is 19.6. The van der Waals surface area contributed by atoms with Gasteiger partial charge < -0.3 is 9.64 Å². The Bertz CT molecular complexity index is 967. The van der Waals surface area contributed by atoms with Crippen LogP contribution in [0.25, 0.3) is 16.9 Å². The Balaban J connectivity index is 1.96.